The molecule has 0 fully saturated rings. The lowest BCUT2D eigenvalue weighted by atomic mass is 10.0. The lowest BCUT2D eigenvalue weighted by molar-refractivity contribution is -0.114. The molecule has 0 spiro atoms. The number of nitrogens with zero attached hydrogens (tertiary/aromatic N) is 1. The zero-order valence-corrected chi connectivity index (χ0v) is 17.3. The van der Waals surface area contributed by atoms with Crippen molar-refractivity contribution in [3.05, 3.63) is 57.7 Å². The molecule has 0 aromatic heterocycles. The molecular weight excluding hydrogens is 451 g/mol. The third-order valence-electron chi connectivity index (χ3n) is 3.66. The van der Waals surface area contributed by atoms with Crippen LogP contribution < -0.4 is 9.62 Å². The molecule has 1 amide bonds. The highest BCUT2D eigenvalue weighted by Crippen LogP contribution is 2.24. The Labute approximate surface area is 162 Å². The van der Waals surface area contributed by atoms with Crippen LogP contribution in [0.15, 0.2) is 48.5 Å². The molecule has 0 atom stereocenters. The summed E-state index contributed by atoms with van der Waals surface area (Å²) in [5.41, 5.74) is 2.18. The molecule has 2 aromatic carbocycles. The summed E-state index contributed by atoms with van der Waals surface area (Å²) in [5, 5.41) is 2.83. The summed E-state index contributed by atoms with van der Waals surface area (Å²) in [4.78, 5) is 12.5. The summed E-state index contributed by atoms with van der Waals surface area (Å²) in [6.07, 6.45) is 1.10. The number of amides is 1. The molecule has 2 aromatic rings. The van der Waals surface area contributed by atoms with Crippen molar-refractivity contribution in [1.82, 2.24) is 0 Å². The molecule has 5 nitrogen and oxygen atoms in total. The van der Waals surface area contributed by atoms with E-state index in [0.29, 0.717) is 11.4 Å². The molecule has 7 heteroatoms. The van der Waals surface area contributed by atoms with Gasteiger partial charge >= 0.3 is 0 Å². The second-order valence-corrected chi connectivity index (χ2v) is 9.19. The van der Waals surface area contributed by atoms with Gasteiger partial charge < -0.3 is 5.32 Å². The van der Waals surface area contributed by atoms with Crippen molar-refractivity contribution in [3.63, 3.8) is 0 Å². The average Bonchev–Trinajstić information content (AvgIpc) is 2.53. The molecule has 0 aliphatic heterocycles. The molecule has 134 valence electrons. The first kappa shape index (κ1) is 19.7. The standard InChI is InChI=1S/C18H21IN2O3S/c1-13(2)16-6-4-5-7-17(16)20-18(22)12-21(25(3,23)24)15-10-8-14(19)9-11-15/h4-11,13H,12H2,1-3H3,(H,20,22). The predicted octanol–water partition coefficient (Wildman–Crippen LogP) is 3.82. The molecule has 1 N–H and O–H groups in total. The quantitative estimate of drug-likeness (QED) is 0.651. The zero-order valence-electron chi connectivity index (χ0n) is 14.4. The Morgan fingerprint density at radius 1 is 1.12 bits per heavy atom. The lowest BCUT2D eigenvalue weighted by Crippen LogP contribution is -2.37. The van der Waals surface area contributed by atoms with Gasteiger partial charge in [0.15, 0.2) is 0 Å². The van der Waals surface area contributed by atoms with Crippen LogP contribution in [0.2, 0.25) is 0 Å². The SMILES string of the molecule is CC(C)c1ccccc1NC(=O)CN(c1ccc(I)cc1)S(C)(=O)=O. The highest BCUT2D eigenvalue weighted by atomic mass is 127. The second-order valence-electron chi connectivity index (χ2n) is 6.04. The summed E-state index contributed by atoms with van der Waals surface area (Å²) in [5.74, 6) is -0.129. The largest absolute Gasteiger partial charge is 0.324 e. The van der Waals surface area contributed by atoms with Crippen LogP contribution in [-0.4, -0.2) is 27.1 Å². The Morgan fingerprint density at radius 3 is 2.28 bits per heavy atom. The summed E-state index contributed by atoms with van der Waals surface area (Å²) in [6, 6.07) is 14.5. The van der Waals surface area contributed by atoms with E-state index in [9.17, 15) is 13.2 Å². The Hall–Kier alpha value is -1.61. The summed E-state index contributed by atoms with van der Waals surface area (Å²) in [6.45, 7) is 3.81. The fourth-order valence-corrected chi connectivity index (χ4v) is 3.66. The van der Waals surface area contributed by atoms with Gasteiger partial charge in [-0.25, -0.2) is 8.42 Å². The van der Waals surface area contributed by atoms with Crippen LogP contribution in [-0.2, 0) is 14.8 Å². The minimum atomic E-state index is -3.57. The predicted molar refractivity (Wildman–Crippen MR) is 111 cm³/mol. The maximum Gasteiger partial charge on any atom is 0.245 e. The summed E-state index contributed by atoms with van der Waals surface area (Å²) in [7, 11) is -3.57. The van der Waals surface area contributed by atoms with E-state index < -0.39 is 10.0 Å². The van der Waals surface area contributed by atoms with Gasteiger partial charge in [-0.15, -0.1) is 0 Å². The normalized spacial score (nSPS) is 11.4. The van der Waals surface area contributed by atoms with Crippen LogP contribution in [0.4, 0.5) is 11.4 Å². The summed E-state index contributed by atoms with van der Waals surface area (Å²) < 4.78 is 26.3. The van der Waals surface area contributed by atoms with Crippen LogP contribution in [0, 0.1) is 3.57 Å². The highest BCUT2D eigenvalue weighted by Gasteiger charge is 2.21. The van der Waals surface area contributed by atoms with E-state index in [1.807, 2.05) is 38.1 Å². The Kier molecular flexibility index (Phi) is 6.45. The molecule has 0 aliphatic rings. The smallest absolute Gasteiger partial charge is 0.245 e. The van der Waals surface area contributed by atoms with Gasteiger partial charge in [-0.2, -0.15) is 0 Å². The van der Waals surface area contributed by atoms with Crippen LogP contribution in [0.25, 0.3) is 0 Å². The monoisotopic (exact) mass is 472 g/mol. The number of hydrogen-bond acceptors (Lipinski definition) is 3. The molecule has 0 heterocycles. The molecule has 0 radical (unpaired) electrons. The molecule has 0 aliphatic carbocycles. The first-order chi connectivity index (χ1) is 11.7. The van der Waals surface area contributed by atoms with Crippen molar-refractivity contribution in [3.8, 4) is 0 Å². The van der Waals surface area contributed by atoms with Crippen molar-refractivity contribution in [2.75, 3.05) is 22.4 Å². The number of halogens is 1. The van der Waals surface area contributed by atoms with Crippen molar-refractivity contribution in [1.29, 1.82) is 0 Å². The van der Waals surface area contributed by atoms with Gasteiger partial charge in [0.2, 0.25) is 15.9 Å². The number of sulfonamides is 1. The highest BCUT2D eigenvalue weighted by molar-refractivity contribution is 14.1. The van der Waals surface area contributed by atoms with Crippen LogP contribution in [0.3, 0.4) is 0 Å². The lowest BCUT2D eigenvalue weighted by Gasteiger charge is -2.22. The van der Waals surface area contributed by atoms with Gasteiger partial charge in [0, 0.05) is 9.26 Å². The first-order valence-corrected chi connectivity index (χ1v) is 10.7. The molecule has 0 saturated carbocycles. The van der Waals surface area contributed by atoms with Gasteiger partial charge in [0.1, 0.15) is 6.54 Å². The molecule has 25 heavy (non-hydrogen) atoms. The Bertz CT molecular complexity index is 849. The van der Waals surface area contributed by atoms with E-state index in [4.69, 9.17) is 0 Å². The number of carbonyl (C=O) groups excluding carboxylic acids is 1. The third-order valence-corrected chi connectivity index (χ3v) is 5.52. The van der Waals surface area contributed by atoms with E-state index in [1.54, 1.807) is 24.3 Å². The maximum absolute atomic E-state index is 12.5. The minimum absolute atomic E-state index is 0.249. The van der Waals surface area contributed by atoms with Crippen molar-refractivity contribution in [2.24, 2.45) is 0 Å². The first-order valence-electron chi connectivity index (χ1n) is 7.80. The fourth-order valence-electron chi connectivity index (χ4n) is 2.44. The van der Waals surface area contributed by atoms with Gasteiger partial charge in [0.25, 0.3) is 0 Å². The third kappa shape index (κ3) is 5.43. The number of carbonyl (C=O) groups is 1. The fraction of sp³-hybridized carbons (Fsp3) is 0.278. The van der Waals surface area contributed by atoms with Gasteiger partial charge in [-0.1, -0.05) is 32.0 Å². The van der Waals surface area contributed by atoms with Crippen molar-refractivity contribution < 1.29 is 13.2 Å². The van der Waals surface area contributed by atoms with Crippen molar-refractivity contribution >= 4 is 49.9 Å². The van der Waals surface area contributed by atoms with Crippen LogP contribution in [0.5, 0.6) is 0 Å². The van der Waals surface area contributed by atoms with Crippen LogP contribution >= 0.6 is 22.6 Å². The number of benzene rings is 2. The van der Waals surface area contributed by atoms with E-state index in [-0.39, 0.29) is 18.4 Å². The number of anilines is 2. The topological polar surface area (TPSA) is 66.5 Å². The molecular formula is C18H21IN2O3S. The number of rotatable bonds is 6. The molecule has 2 rings (SSSR count). The second kappa shape index (κ2) is 8.18. The van der Waals surface area contributed by atoms with Gasteiger partial charge in [0.05, 0.1) is 11.9 Å². The molecule has 0 saturated heterocycles. The number of hydrogen-bond donors (Lipinski definition) is 1. The maximum atomic E-state index is 12.5. The van der Waals surface area contributed by atoms with E-state index in [0.717, 1.165) is 19.7 Å². The van der Waals surface area contributed by atoms with E-state index >= 15 is 0 Å². The number of para-hydroxylation sites is 1. The average molecular weight is 472 g/mol. The molecule has 0 bridgehead atoms. The molecule has 0 unspecified atom stereocenters. The Morgan fingerprint density at radius 2 is 1.72 bits per heavy atom. The van der Waals surface area contributed by atoms with Crippen LogP contribution in [0.1, 0.15) is 25.3 Å². The van der Waals surface area contributed by atoms with E-state index in [2.05, 4.69) is 27.9 Å². The summed E-state index contributed by atoms with van der Waals surface area (Å²) >= 11 is 2.14. The van der Waals surface area contributed by atoms with E-state index in [1.165, 1.54) is 0 Å². The Balaban J connectivity index is 2.23. The zero-order chi connectivity index (χ0) is 18.6. The van der Waals surface area contributed by atoms with Gasteiger partial charge in [-0.05, 0) is 64.4 Å². The number of nitrogens with one attached hydrogen (secondary N) is 1. The van der Waals surface area contributed by atoms with Crippen molar-refractivity contribution in [2.45, 2.75) is 19.8 Å². The van der Waals surface area contributed by atoms with Gasteiger partial charge in [-0.3, -0.25) is 9.10 Å². The minimum Gasteiger partial charge on any atom is -0.324 e.